The number of carbonyl (C=O) groups excluding carboxylic acids is 1. The molecule has 5 nitrogen and oxygen atoms in total. The number of aryl methyl sites for hydroxylation is 1. The molecule has 2 unspecified atom stereocenters. The molecule has 2 aromatic rings. The van der Waals surface area contributed by atoms with Gasteiger partial charge in [-0.1, -0.05) is 24.3 Å². The zero-order valence-electron chi connectivity index (χ0n) is 15.2. The lowest BCUT2D eigenvalue weighted by molar-refractivity contribution is -0.143. The van der Waals surface area contributed by atoms with Crippen LogP contribution in [0, 0.1) is 12.7 Å². The Balaban J connectivity index is 1.66. The summed E-state index contributed by atoms with van der Waals surface area (Å²) in [6.45, 7) is 3.33. The molecule has 2 aromatic carbocycles. The van der Waals surface area contributed by atoms with Gasteiger partial charge in [-0.3, -0.25) is 4.79 Å². The Morgan fingerprint density at radius 1 is 1.30 bits per heavy atom. The van der Waals surface area contributed by atoms with Crippen LogP contribution < -0.4 is 4.74 Å². The minimum absolute atomic E-state index is 0.331. The van der Waals surface area contributed by atoms with E-state index in [9.17, 15) is 14.3 Å². The highest BCUT2D eigenvalue weighted by Gasteiger charge is 2.43. The number of nitrogens with zero attached hydrogens (tertiary/aromatic N) is 1. The molecule has 0 aliphatic carbocycles. The van der Waals surface area contributed by atoms with E-state index < -0.39 is 23.4 Å². The predicted octanol–water partition coefficient (Wildman–Crippen LogP) is 2.75. The molecule has 2 atom stereocenters. The number of aliphatic hydroxyl groups excluding tert-OH is 1. The summed E-state index contributed by atoms with van der Waals surface area (Å²) in [5.74, 6) is -0.0721. The molecule has 1 amide bonds. The van der Waals surface area contributed by atoms with Crippen molar-refractivity contribution in [2.45, 2.75) is 31.6 Å². The van der Waals surface area contributed by atoms with E-state index in [1.165, 1.54) is 18.2 Å². The van der Waals surface area contributed by atoms with Gasteiger partial charge in [0.1, 0.15) is 11.6 Å². The first kappa shape index (κ1) is 17.9. The van der Waals surface area contributed by atoms with Crippen molar-refractivity contribution in [2.75, 3.05) is 19.8 Å². The number of hydrogen-bond donors (Lipinski definition) is 1. The van der Waals surface area contributed by atoms with Gasteiger partial charge in [0.25, 0.3) is 5.91 Å². The van der Waals surface area contributed by atoms with E-state index in [1.54, 1.807) is 11.8 Å². The first-order valence-electron chi connectivity index (χ1n) is 9.05. The molecular formula is C21H22FNO4. The Morgan fingerprint density at radius 2 is 2.11 bits per heavy atom. The topological polar surface area (TPSA) is 59.0 Å². The van der Waals surface area contributed by atoms with Gasteiger partial charge in [-0.2, -0.15) is 0 Å². The summed E-state index contributed by atoms with van der Waals surface area (Å²) in [7, 11) is 0. The van der Waals surface area contributed by atoms with E-state index in [4.69, 9.17) is 9.47 Å². The normalized spacial score (nSPS) is 22.9. The molecule has 0 saturated carbocycles. The number of carbonyl (C=O) groups is 1. The monoisotopic (exact) mass is 371 g/mol. The summed E-state index contributed by atoms with van der Waals surface area (Å²) in [5.41, 5.74) is 1.23. The van der Waals surface area contributed by atoms with Crippen molar-refractivity contribution in [3.05, 3.63) is 65.0 Å². The van der Waals surface area contributed by atoms with Gasteiger partial charge in [-0.05, 0) is 36.2 Å². The zero-order chi connectivity index (χ0) is 19.0. The standard InChI is InChI=1S/C21H22FNO4/c1-14-10-16(22)6-7-17(14)19(24)20(25)23-11-15-4-2-3-5-18(15)27-21(12-23)8-9-26-13-21/h2-7,10,19,24H,8-9,11-13H2,1H3. The van der Waals surface area contributed by atoms with Gasteiger partial charge in [0, 0.05) is 18.5 Å². The van der Waals surface area contributed by atoms with Crippen molar-refractivity contribution < 1.29 is 23.8 Å². The van der Waals surface area contributed by atoms with Crippen molar-refractivity contribution in [1.82, 2.24) is 4.90 Å². The molecule has 0 bridgehead atoms. The van der Waals surface area contributed by atoms with Crippen LogP contribution in [0.3, 0.4) is 0 Å². The number of halogens is 1. The van der Waals surface area contributed by atoms with Crippen LogP contribution in [0.1, 0.15) is 29.2 Å². The lowest BCUT2D eigenvalue weighted by Gasteiger charge is -2.32. The molecule has 2 aliphatic heterocycles. The van der Waals surface area contributed by atoms with Gasteiger partial charge >= 0.3 is 0 Å². The molecule has 1 N–H and O–H groups in total. The Bertz CT molecular complexity index is 863. The molecule has 2 aliphatic rings. The highest BCUT2D eigenvalue weighted by Crippen LogP contribution is 2.35. The van der Waals surface area contributed by atoms with Gasteiger partial charge < -0.3 is 19.5 Å². The van der Waals surface area contributed by atoms with Crippen LogP contribution in [0.4, 0.5) is 4.39 Å². The van der Waals surface area contributed by atoms with Gasteiger partial charge in [-0.25, -0.2) is 4.39 Å². The summed E-state index contributed by atoms with van der Waals surface area (Å²) in [5, 5.41) is 10.7. The Morgan fingerprint density at radius 3 is 2.85 bits per heavy atom. The maximum absolute atomic E-state index is 13.4. The number of para-hydroxylation sites is 1. The van der Waals surface area contributed by atoms with Gasteiger partial charge in [0.05, 0.1) is 19.8 Å². The summed E-state index contributed by atoms with van der Waals surface area (Å²) in [4.78, 5) is 14.7. The van der Waals surface area contributed by atoms with E-state index in [0.29, 0.717) is 43.9 Å². The first-order chi connectivity index (χ1) is 13.0. The number of amides is 1. The van der Waals surface area contributed by atoms with Crippen LogP contribution in [-0.4, -0.2) is 41.3 Å². The second kappa shape index (κ2) is 6.94. The predicted molar refractivity (Wildman–Crippen MR) is 96.8 cm³/mol. The average molecular weight is 371 g/mol. The number of rotatable bonds is 2. The number of aliphatic hydroxyl groups is 1. The summed E-state index contributed by atoms with van der Waals surface area (Å²) < 4.78 is 25.2. The van der Waals surface area contributed by atoms with Gasteiger partial charge in [-0.15, -0.1) is 0 Å². The van der Waals surface area contributed by atoms with Crippen LogP contribution in [-0.2, 0) is 16.1 Å². The molecule has 1 fully saturated rings. The molecule has 0 aromatic heterocycles. The fourth-order valence-electron chi connectivity index (χ4n) is 3.81. The summed E-state index contributed by atoms with van der Waals surface area (Å²) in [6, 6.07) is 11.6. The van der Waals surface area contributed by atoms with Crippen LogP contribution in [0.5, 0.6) is 5.75 Å². The first-order valence-corrected chi connectivity index (χ1v) is 9.05. The van der Waals surface area contributed by atoms with Crippen LogP contribution in [0.15, 0.2) is 42.5 Å². The molecule has 4 rings (SSSR count). The number of benzene rings is 2. The van der Waals surface area contributed by atoms with E-state index in [2.05, 4.69) is 0 Å². The van der Waals surface area contributed by atoms with E-state index in [-0.39, 0.29) is 0 Å². The van der Waals surface area contributed by atoms with Crippen LogP contribution in [0.25, 0.3) is 0 Å². The third-order valence-corrected chi connectivity index (χ3v) is 5.28. The Kier molecular flexibility index (Phi) is 4.61. The van der Waals surface area contributed by atoms with Crippen molar-refractivity contribution in [1.29, 1.82) is 0 Å². The minimum atomic E-state index is -1.35. The molecule has 0 radical (unpaired) electrons. The minimum Gasteiger partial charge on any atom is -0.483 e. The maximum atomic E-state index is 13.4. The van der Waals surface area contributed by atoms with E-state index in [1.807, 2.05) is 24.3 Å². The molecule has 2 heterocycles. The molecule has 27 heavy (non-hydrogen) atoms. The maximum Gasteiger partial charge on any atom is 0.256 e. The number of hydrogen-bond acceptors (Lipinski definition) is 4. The lowest BCUT2D eigenvalue weighted by Crippen LogP contribution is -2.49. The quantitative estimate of drug-likeness (QED) is 0.882. The zero-order valence-corrected chi connectivity index (χ0v) is 15.2. The Hall–Kier alpha value is -2.44. The number of fused-ring (bicyclic) bond motifs is 1. The SMILES string of the molecule is Cc1cc(F)ccc1C(O)C(=O)N1Cc2ccccc2OC2(CCOC2)C1. The largest absolute Gasteiger partial charge is 0.483 e. The van der Waals surface area contributed by atoms with Crippen molar-refractivity contribution >= 4 is 5.91 Å². The lowest BCUT2D eigenvalue weighted by atomic mass is 9.99. The summed E-state index contributed by atoms with van der Waals surface area (Å²) >= 11 is 0. The smallest absolute Gasteiger partial charge is 0.256 e. The number of ether oxygens (including phenoxy) is 2. The molecule has 1 saturated heterocycles. The van der Waals surface area contributed by atoms with Crippen molar-refractivity contribution in [3.63, 3.8) is 0 Å². The van der Waals surface area contributed by atoms with E-state index >= 15 is 0 Å². The van der Waals surface area contributed by atoms with Crippen molar-refractivity contribution in [3.8, 4) is 5.75 Å². The third-order valence-electron chi connectivity index (χ3n) is 5.28. The van der Waals surface area contributed by atoms with E-state index in [0.717, 1.165) is 11.3 Å². The summed E-state index contributed by atoms with van der Waals surface area (Å²) in [6.07, 6.45) is -0.674. The highest BCUT2D eigenvalue weighted by atomic mass is 19.1. The molecule has 6 heteroatoms. The fraction of sp³-hybridized carbons (Fsp3) is 0.381. The highest BCUT2D eigenvalue weighted by molar-refractivity contribution is 5.82. The van der Waals surface area contributed by atoms with Gasteiger partial charge in [0.15, 0.2) is 11.7 Å². The average Bonchev–Trinajstić information content (AvgIpc) is 3.02. The second-order valence-electron chi connectivity index (χ2n) is 7.29. The fourth-order valence-corrected chi connectivity index (χ4v) is 3.81. The molecule has 1 spiro atoms. The second-order valence-corrected chi connectivity index (χ2v) is 7.29. The Labute approximate surface area is 157 Å². The van der Waals surface area contributed by atoms with Crippen molar-refractivity contribution in [2.24, 2.45) is 0 Å². The molecular weight excluding hydrogens is 349 g/mol. The third kappa shape index (κ3) is 3.42. The van der Waals surface area contributed by atoms with Crippen LogP contribution >= 0.6 is 0 Å². The molecule has 142 valence electrons. The van der Waals surface area contributed by atoms with Gasteiger partial charge in [0.2, 0.25) is 0 Å². The van der Waals surface area contributed by atoms with Crippen LogP contribution in [0.2, 0.25) is 0 Å².